The van der Waals surface area contributed by atoms with Crippen molar-refractivity contribution in [3.63, 3.8) is 0 Å². The Morgan fingerprint density at radius 2 is 1.88 bits per heavy atom. The summed E-state index contributed by atoms with van der Waals surface area (Å²) in [5.74, 6) is -1.18. The van der Waals surface area contributed by atoms with Crippen LogP contribution in [0.25, 0.3) is 0 Å². The van der Waals surface area contributed by atoms with Crippen LogP contribution >= 0.6 is 0 Å². The van der Waals surface area contributed by atoms with E-state index in [2.05, 4.69) is 11.9 Å². The minimum Gasteiger partial charge on any atom is -0.444 e. The van der Waals surface area contributed by atoms with E-state index < -0.39 is 33.2 Å². The summed E-state index contributed by atoms with van der Waals surface area (Å²) in [6.45, 7) is 8.69. The number of amides is 2. The van der Waals surface area contributed by atoms with Gasteiger partial charge in [-0.25, -0.2) is 17.9 Å². The summed E-state index contributed by atoms with van der Waals surface area (Å²) in [6.07, 6.45) is 0.974. The molecule has 1 aliphatic rings. The number of nitrogens with one attached hydrogen (secondary N) is 2. The monoisotopic (exact) mass is 366 g/mol. The molecule has 0 saturated heterocycles. The third-order valence-electron chi connectivity index (χ3n) is 3.71. The van der Waals surface area contributed by atoms with Gasteiger partial charge in [0.1, 0.15) is 11.1 Å². The number of carbonyl (C=O) groups excluding carboxylic acids is 2. The number of hydrogen-bond acceptors (Lipinski definition) is 5. The molecule has 7 nitrogen and oxygen atoms in total. The van der Waals surface area contributed by atoms with Crippen molar-refractivity contribution in [1.82, 2.24) is 10.0 Å². The first-order valence-electron chi connectivity index (χ1n) is 7.76. The van der Waals surface area contributed by atoms with Gasteiger partial charge in [-0.3, -0.25) is 4.79 Å². The van der Waals surface area contributed by atoms with Gasteiger partial charge < -0.3 is 10.1 Å². The zero-order valence-electron chi connectivity index (χ0n) is 14.4. The summed E-state index contributed by atoms with van der Waals surface area (Å²) >= 11 is 0. The topological polar surface area (TPSA) is 102 Å². The molecule has 2 atom stereocenters. The van der Waals surface area contributed by atoms with Crippen molar-refractivity contribution >= 4 is 22.0 Å². The van der Waals surface area contributed by atoms with Gasteiger partial charge in [-0.15, -0.1) is 6.58 Å². The lowest BCUT2D eigenvalue weighted by Crippen LogP contribution is -2.52. The molecule has 2 N–H and O–H groups in total. The third kappa shape index (κ3) is 4.39. The Hall–Kier alpha value is -2.35. The summed E-state index contributed by atoms with van der Waals surface area (Å²) in [5, 5.41) is 2.49. The van der Waals surface area contributed by atoms with Crippen LogP contribution in [0, 0.1) is 5.92 Å². The Morgan fingerprint density at radius 1 is 1.28 bits per heavy atom. The fourth-order valence-corrected chi connectivity index (χ4v) is 3.45. The van der Waals surface area contributed by atoms with Crippen LogP contribution in [0.15, 0.2) is 47.9 Å². The van der Waals surface area contributed by atoms with Crippen molar-refractivity contribution in [2.24, 2.45) is 5.92 Å². The fourth-order valence-electron chi connectivity index (χ4n) is 2.39. The van der Waals surface area contributed by atoms with Gasteiger partial charge in [0.2, 0.25) is 0 Å². The Labute approximate surface area is 147 Å². The molecular weight excluding hydrogens is 344 g/mol. The average molecular weight is 366 g/mol. The largest absolute Gasteiger partial charge is 0.444 e. The molecule has 0 heterocycles. The molecule has 1 aliphatic carbocycles. The van der Waals surface area contributed by atoms with Crippen LogP contribution in [0.2, 0.25) is 0 Å². The fraction of sp³-hybridized carbons (Fsp3) is 0.412. The van der Waals surface area contributed by atoms with Gasteiger partial charge in [-0.1, -0.05) is 24.3 Å². The maximum Gasteiger partial charge on any atom is 0.408 e. The Morgan fingerprint density at radius 3 is 2.36 bits per heavy atom. The standard InChI is InChI=1S/C17H22N2O5S/c1-5-12-11-17(12,18-15(21)24-16(2,3)4)14(20)19-25(22,23)13-9-7-6-8-10-13/h5-10,12H,1,11H2,2-4H3,(H,18,21)(H,19,20)/t12?,17-/m1/s1. The van der Waals surface area contributed by atoms with Gasteiger partial charge in [0.05, 0.1) is 4.90 Å². The van der Waals surface area contributed by atoms with Crippen molar-refractivity contribution in [3.05, 3.63) is 43.0 Å². The molecular formula is C17H22N2O5S. The molecule has 1 aromatic rings. The second kappa shape index (κ2) is 6.51. The van der Waals surface area contributed by atoms with E-state index in [0.29, 0.717) is 0 Å². The highest BCUT2D eigenvalue weighted by atomic mass is 32.2. The first-order valence-corrected chi connectivity index (χ1v) is 9.24. The van der Waals surface area contributed by atoms with E-state index >= 15 is 0 Å². The molecule has 0 aliphatic heterocycles. The third-order valence-corrected chi connectivity index (χ3v) is 5.06. The van der Waals surface area contributed by atoms with Gasteiger partial charge in [0, 0.05) is 5.92 Å². The Kier molecular flexibility index (Phi) is 4.94. The molecule has 0 aromatic heterocycles. The van der Waals surface area contributed by atoms with E-state index in [1.165, 1.54) is 18.2 Å². The van der Waals surface area contributed by atoms with E-state index in [4.69, 9.17) is 4.74 Å². The van der Waals surface area contributed by atoms with Gasteiger partial charge >= 0.3 is 6.09 Å². The van der Waals surface area contributed by atoms with Crippen molar-refractivity contribution in [2.45, 2.75) is 43.2 Å². The van der Waals surface area contributed by atoms with Gasteiger partial charge in [-0.05, 0) is 39.3 Å². The number of hydrogen-bond donors (Lipinski definition) is 2. The van der Waals surface area contributed by atoms with E-state index in [-0.39, 0.29) is 17.2 Å². The van der Waals surface area contributed by atoms with Crippen molar-refractivity contribution in [2.75, 3.05) is 0 Å². The van der Waals surface area contributed by atoms with Crippen molar-refractivity contribution in [3.8, 4) is 0 Å². The molecule has 1 aromatic carbocycles. The van der Waals surface area contributed by atoms with Crippen molar-refractivity contribution < 1.29 is 22.7 Å². The number of sulfonamides is 1. The normalized spacial score (nSPS) is 22.6. The summed E-state index contributed by atoms with van der Waals surface area (Å²) in [4.78, 5) is 24.6. The molecule has 8 heteroatoms. The Balaban J connectivity index is 2.16. The van der Waals surface area contributed by atoms with Crippen LogP contribution in [0.3, 0.4) is 0 Å². The molecule has 1 unspecified atom stereocenters. The zero-order valence-corrected chi connectivity index (χ0v) is 15.2. The SMILES string of the molecule is C=CC1C[C@]1(NC(=O)OC(C)(C)C)C(=O)NS(=O)(=O)c1ccccc1. The van der Waals surface area contributed by atoms with Gasteiger partial charge in [0.25, 0.3) is 15.9 Å². The number of alkyl carbamates (subject to hydrolysis) is 1. The first kappa shape index (κ1) is 19.0. The highest BCUT2D eigenvalue weighted by Crippen LogP contribution is 2.45. The number of rotatable bonds is 5. The zero-order chi connectivity index (χ0) is 18.9. The van der Waals surface area contributed by atoms with E-state index in [0.717, 1.165) is 0 Å². The molecule has 0 radical (unpaired) electrons. The number of ether oxygens (including phenoxy) is 1. The Bertz CT molecular complexity index is 783. The lowest BCUT2D eigenvalue weighted by atomic mass is 10.2. The van der Waals surface area contributed by atoms with Gasteiger partial charge in [-0.2, -0.15) is 0 Å². The summed E-state index contributed by atoms with van der Waals surface area (Å²) < 4.78 is 31.8. The smallest absolute Gasteiger partial charge is 0.408 e. The number of benzene rings is 1. The van der Waals surface area contributed by atoms with Crippen molar-refractivity contribution in [1.29, 1.82) is 0 Å². The summed E-state index contributed by atoms with van der Waals surface area (Å²) in [6, 6.07) is 7.53. The number of carbonyl (C=O) groups is 2. The van der Waals surface area contributed by atoms with Crippen LogP contribution < -0.4 is 10.0 Å². The predicted octanol–water partition coefficient (Wildman–Crippen LogP) is 1.96. The predicted molar refractivity (Wildman–Crippen MR) is 92.2 cm³/mol. The molecule has 1 fully saturated rings. The van der Waals surface area contributed by atoms with E-state index in [9.17, 15) is 18.0 Å². The minimum absolute atomic E-state index is 0.0356. The molecule has 136 valence electrons. The quantitative estimate of drug-likeness (QED) is 0.776. The highest BCUT2D eigenvalue weighted by Gasteiger charge is 2.61. The highest BCUT2D eigenvalue weighted by molar-refractivity contribution is 7.90. The van der Waals surface area contributed by atoms with Crippen LogP contribution in [0.4, 0.5) is 4.79 Å². The van der Waals surface area contributed by atoms with Crippen LogP contribution in [0.5, 0.6) is 0 Å². The molecule has 1 saturated carbocycles. The summed E-state index contributed by atoms with van der Waals surface area (Å²) in [5.41, 5.74) is -2.11. The van der Waals surface area contributed by atoms with Crippen LogP contribution in [0.1, 0.15) is 27.2 Å². The first-order chi connectivity index (χ1) is 11.5. The minimum atomic E-state index is -4.03. The van der Waals surface area contributed by atoms with Crippen LogP contribution in [-0.4, -0.2) is 31.6 Å². The summed E-state index contributed by atoms with van der Waals surface area (Å²) in [7, 11) is -4.03. The maximum atomic E-state index is 12.6. The van der Waals surface area contributed by atoms with E-state index in [1.54, 1.807) is 39.0 Å². The second-order valence-corrected chi connectivity index (χ2v) is 8.57. The van der Waals surface area contributed by atoms with Crippen LogP contribution in [-0.2, 0) is 19.6 Å². The molecule has 0 bridgehead atoms. The van der Waals surface area contributed by atoms with Gasteiger partial charge in [0.15, 0.2) is 0 Å². The lowest BCUT2D eigenvalue weighted by molar-refractivity contribution is -0.122. The molecule has 0 spiro atoms. The molecule has 25 heavy (non-hydrogen) atoms. The van der Waals surface area contributed by atoms with E-state index in [1.807, 2.05) is 4.72 Å². The lowest BCUT2D eigenvalue weighted by Gasteiger charge is -2.23. The average Bonchev–Trinajstić information content (AvgIpc) is 3.20. The molecule has 2 rings (SSSR count). The second-order valence-electron chi connectivity index (χ2n) is 6.89. The molecule has 2 amide bonds. The maximum absolute atomic E-state index is 12.6.